The lowest BCUT2D eigenvalue weighted by atomic mass is 10.1. The first-order chi connectivity index (χ1) is 12.6. The predicted molar refractivity (Wildman–Crippen MR) is 97.1 cm³/mol. The zero-order valence-electron chi connectivity index (χ0n) is 14.1. The molecule has 2 heterocycles. The summed E-state index contributed by atoms with van der Waals surface area (Å²) in [5.74, 6) is 1.15. The number of ether oxygens (including phenoxy) is 2. The summed E-state index contributed by atoms with van der Waals surface area (Å²) in [6.45, 7) is 0. The van der Waals surface area contributed by atoms with Crippen LogP contribution in [0, 0.1) is 0 Å². The Morgan fingerprint density at radius 2 is 1.08 bits per heavy atom. The van der Waals surface area contributed by atoms with Gasteiger partial charge in [-0.2, -0.15) is 0 Å². The first-order valence-electron chi connectivity index (χ1n) is 7.83. The van der Waals surface area contributed by atoms with Gasteiger partial charge in [-0.15, -0.1) is 0 Å². The van der Waals surface area contributed by atoms with Crippen molar-refractivity contribution in [3.8, 4) is 22.6 Å². The second kappa shape index (κ2) is 6.07. The third-order valence-electron chi connectivity index (χ3n) is 4.18. The second-order valence-electron chi connectivity index (χ2n) is 5.70. The van der Waals surface area contributed by atoms with Gasteiger partial charge in [0.05, 0.1) is 25.3 Å². The molecule has 6 heteroatoms. The molecule has 0 aliphatic heterocycles. The molecule has 0 aliphatic carbocycles. The van der Waals surface area contributed by atoms with Crippen molar-refractivity contribution < 1.29 is 18.3 Å². The zero-order chi connectivity index (χ0) is 18.3. The fraction of sp³-hybridized carbons (Fsp3) is 0.100. The highest BCUT2D eigenvalue weighted by Gasteiger charge is 2.14. The van der Waals surface area contributed by atoms with Gasteiger partial charge < -0.3 is 18.3 Å². The van der Waals surface area contributed by atoms with Gasteiger partial charge in [0.1, 0.15) is 22.7 Å². The topological polar surface area (TPSA) is 78.9 Å². The summed E-state index contributed by atoms with van der Waals surface area (Å²) in [5.41, 5.74) is -0.180. The first-order valence-corrected chi connectivity index (χ1v) is 7.83. The lowest BCUT2D eigenvalue weighted by Gasteiger charge is -2.05. The zero-order valence-corrected chi connectivity index (χ0v) is 14.1. The fourth-order valence-corrected chi connectivity index (χ4v) is 2.81. The number of fused-ring (bicyclic) bond motifs is 2. The third kappa shape index (κ3) is 2.61. The molecular formula is C20H14O6. The number of rotatable bonds is 3. The maximum absolute atomic E-state index is 12.4. The standard InChI is InChI=1S/C20H14O6/c1-23-13-5-3-11-7-15(19(21)25-17(11)9-13)16-8-12-4-6-14(24-2)10-18(12)26-20(16)22/h3-10H,1-2H3. The Morgan fingerprint density at radius 1 is 0.654 bits per heavy atom. The van der Waals surface area contributed by atoms with E-state index >= 15 is 0 Å². The van der Waals surface area contributed by atoms with E-state index in [4.69, 9.17) is 18.3 Å². The Labute approximate surface area is 147 Å². The van der Waals surface area contributed by atoms with Gasteiger partial charge in [0.15, 0.2) is 0 Å². The van der Waals surface area contributed by atoms with Gasteiger partial charge in [0, 0.05) is 22.9 Å². The van der Waals surface area contributed by atoms with Crippen molar-refractivity contribution in [2.45, 2.75) is 0 Å². The summed E-state index contributed by atoms with van der Waals surface area (Å²) in [6, 6.07) is 13.5. The van der Waals surface area contributed by atoms with Gasteiger partial charge in [-0.1, -0.05) is 0 Å². The lowest BCUT2D eigenvalue weighted by Crippen LogP contribution is -2.10. The van der Waals surface area contributed by atoms with Crippen LogP contribution in [0.5, 0.6) is 11.5 Å². The van der Waals surface area contributed by atoms with Crippen LogP contribution in [0.2, 0.25) is 0 Å². The number of hydrogen-bond donors (Lipinski definition) is 0. The monoisotopic (exact) mass is 350 g/mol. The molecule has 0 saturated heterocycles. The minimum atomic E-state index is -0.620. The normalized spacial score (nSPS) is 11.0. The molecule has 0 aliphatic rings. The van der Waals surface area contributed by atoms with E-state index in [1.165, 1.54) is 14.2 Å². The van der Waals surface area contributed by atoms with Crippen LogP contribution in [0.15, 0.2) is 67.0 Å². The summed E-state index contributed by atoms with van der Waals surface area (Å²) < 4.78 is 21.0. The Bertz CT molecular complexity index is 1150. The minimum absolute atomic E-state index is 0.147. The number of benzene rings is 2. The molecule has 2 aromatic heterocycles. The lowest BCUT2D eigenvalue weighted by molar-refractivity contribution is 0.414. The molecule has 4 rings (SSSR count). The predicted octanol–water partition coefficient (Wildman–Crippen LogP) is 3.58. The van der Waals surface area contributed by atoms with E-state index in [9.17, 15) is 9.59 Å². The molecule has 0 amide bonds. The molecule has 0 N–H and O–H groups in total. The molecule has 2 aromatic carbocycles. The molecule has 0 bridgehead atoms. The molecule has 0 saturated carbocycles. The van der Waals surface area contributed by atoms with Crippen molar-refractivity contribution in [2.75, 3.05) is 14.2 Å². The van der Waals surface area contributed by atoms with E-state index in [2.05, 4.69) is 0 Å². The summed E-state index contributed by atoms with van der Waals surface area (Å²) in [4.78, 5) is 24.8. The van der Waals surface area contributed by atoms with Gasteiger partial charge in [0.2, 0.25) is 0 Å². The largest absolute Gasteiger partial charge is 0.497 e. The van der Waals surface area contributed by atoms with Crippen LogP contribution in [0.25, 0.3) is 33.1 Å². The Balaban J connectivity index is 1.94. The van der Waals surface area contributed by atoms with Crippen LogP contribution in [0.3, 0.4) is 0 Å². The quantitative estimate of drug-likeness (QED) is 0.526. The third-order valence-corrected chi connectivity index (χ3v) is 4.18. The Morgan fingerprint density at radius 3 is 1.46 bits per heavy atom. The van der Waals surface area contributed by atoms with Crippen molar-refractivity contribution in [3.63, 3.8) is 0 Å². The van der Waals surface area contributed by atoms with Crippen molar-refractivity contribution >= 4 is 21.9 Å². The maximum Gasteiger partial charge on any atom is 0.344 e. The number of hydrogen-bond acceptors (Lipinski definition) is 6. The summed E-state index contributed by atoms with van der Waals surface area (Å²) in [6.07, 6.45) is 0. The molecule has 0 atom stereocenters. The van der Waals surface area contributed by atoms with E-state index in [0.717, 1.165) is 0 Å². The van der Waals surface area contributed by atoms with E-state index in [0.29, 0.717) is 33.4 Å². The molecule has 0 unspecified atom stereocenters. The van der Waals surface area contributed by atoms with Gasteiger partial charge in [-0.05, 0) is 36.4 Å². The smallest absolute Gasteiger partial charge is 0.344 e. The van der Waals surface area contributed by atoms with E-state index < -0.39 is 11.3 Å². The van der Waals surface area contributed by atoms with Gasteiger partial charge in [-0.3, -0.25) is 0 Å². The molecule has 0 fully saturated rings. The molecule has 130 valence electrons. The van der Waals surface area contributed by atoms with Crippen molar-refractivity contribution in [3.05, 3.63) is 69.4 Å². The molecule has 6 nitrogen and oxygen atoms in total. The molecular weight excluding hydrogens is 336 g/mol. The molecule has 4 aromatic rings. The highest BCUT2D eigenvalue weighted by Crippen LogP contribution is 2.26. The average molecular weight is 350 g/mol. The molecule has 0 radical (unpaired) electrons. The van der Waals surface area contributed by atoms with Crippen molar-refractivity contribution in [1.82, 2.24) is 0 Å². The Kier molecular flexibility index (Phi) is 3.73. The highest BCUT2D eigenvalue weighted by atomic mass is 16.5. The number of methoxy groups -OCH3 is 2. The van der Waals surface area contributed by atoms with E-state index in [1.807, 2.05) is 0 Å². The van der Waals surface area contributed by atoms with Gasteiger partial charge in [-0.25, -0.2) is 9.59 Å². The summed E-state index contributed by atoms with van der Waals surface area (Å²) in [7, 11) is 3.06. The molecule has 0 spiro atoms. The maximum atomic E-state index is 12.4. The SMILES string of the molecule is COc1ccc2cc(-c3cc4ccc(OC)cc4oc3=O)c(=O)oc2c1. The summed E-state index contributed by atoms with van der Waals surface area (Å²) >= 11 is 0. The van der Waals surface area contributed by atoms with Crippen molar-refractivity contribution in [1.29, 1.82) is 0 Å². The van der Waals surface area contributed by atoms with Crippen LogP contribution in [0.4, 0.5) is 0 Å². The van der Waals surface area contributed by atoms with Crippen LogP contribution >= 0.6 is 0 Å². The Hall–Kier alpha value is -3.54. The average Bonchev–Trinajstić information content (AvgIpc) is 2.66. The van der Waals surface area contributed by atoms with Crippen molar-refractivity contribution in [2.24, 2.45) is 0 Å². The highest BCUT2D eigenvalue weighted by molar-refractivity contribution is 5.86. The van der Waals surface area contributed by atoms with Crippen LogP contribution in [-0.2, 0) is 0 Å². The van der Waals surface area contributed by atoms with Crippen LogP contribution < -0.4 is 20.7 Å². The van der Waals surface area contributed by atoms with E-state index in [1.54, 1.807) is 48.5 Å². The fourth-order valence-electron chi connectivity index (χ4n) is 2.81. The minimum Gasteiger partial charge on any atom is -0.497 e. The second-order valence-corrected chi connectivity index (χ2v) is 5.70. The molecule has 26 heavy (non-hydrogen) atoms. The van der Waals surface area contributed by atoms with Crippen LogP contribution in [-0.4, -0.2) is 14.2 Å². The van der Waals surface area contributed by atoms with Gasteiger partial charge in [0.25, 0.3) is 0 Å². The van der Waals surface area contributed by atoms with Gasteiger partial charge >= 0.3 is 11.3 Å². The van der Waals surface area contributed by atoms with Crippen LogP contribution in [0.1, 0.15) is 0 Å². The first kappa shape index (κ1) is 16.0. The summed E-state index contributed by atoms with van der Waals surface area (Å²) in [5, 5.41) is 1.35. The van der Waals surface area contributed by atoms with E-state index in [-0.39, 0.29) is 11.1 Å².